The molecule has 1 aliphatic heterocycles. The Morgan fingerprint density at radius 1 is 1.78 bits per heavy atom. The quantitative estimate of drug-likeness (QED) is 0.548. The van der Waals surface area contributed by atoms with Crippen LogP contribution in [0.1, 0.15) is 6.42 Å². The van der Waals surface area contributed by atoms with Crippen LogP contribution >= 0.6 is 0 Å². The van der Waals surface area contributed by atoms with Gasteiger partial charge in [-0.25, -0.2) is 0 Å². The van der Waals surface area contributed by atoms with Crippen molar-refractivity contribution in [2.45, 2.75) is 12.5 Å². The zero-order chi connectivity index (χ0) is 6.85. The maximum atomic E-state index is 3.92. The van der Waals surface area contributed by atoms with Crippen LogP contribution in [-0.4, -0.2) is 31.6 Å². The molecule has 1 N–H and O–H groups in total. The van der Waals surface area contributed by atoms with Gasteiger partial charge in [0, 0.05) is 31.8 Å². The Morgan fingerprint density at radius 2 is 2.44 bits per heavy atom. The molecule has 52 valence electrons. The summed E-state index contributed by atoms with van der Waals surface area (Å²) in [5.74, 6) is 0. The lowest BCUT2D eigenvalue weighted by Gasteiger charge is -2.10. The highest BCUT2D eigenvalue weighted by atomic mass is 15.2. The van der Waals surface area contributed by atoms with E-state index in [-0.39, 0.29) is 0 Å². The van der Waals surface area contributed by atoms with Crippen LogP contribution in [0.2, 0.25) is 0 Å². The molecule has 1 aliphatic rings. The van der Waals surface area contributed by atoms with E-state index in [1.807, 2.05) is 7.05 Å². The summed E-state index contributed by atoms with van der Waals surface area (Å²) < 4.78 is 0. The molecule has 0 bridgehead atoms. The van der Waals surface area contributed by atoms with Crippen molar-refractivity contribution in [3.8, 4) is 0 Å². The SMILES string of the molecule is C=C1CC(NC)CN1C. The third-order valence-corrected chi connectivity index (χ3v) is 1.92. The van der Waals surface area contributed by atoms with Gasteiger partial charge in [-0.15, -0.1) is 0 Å². The molecule has 0 radical (unpaired) electrons. The molecule has 1 saturated heterocycles. The number of nitrogens with one attached hydrogen (secondary N) is 1. The fraction of sp³-hybridized carbons (Fsp3) is 0.714. The first-order valence-electron chi connectivity index (χ1n) is 3.30. The van der Waals surface area contributed by atoms with Crippen molar-refractivity contribution in [2.75, 3.05) is 20.6 Å². The van der Waals surface area contributed by atoms with E-state index in [9.17, 15) is 0 Å². The van der Waals surface area contributed by atoms with E-state index in [1.54, 1.807) is 0 Å². The molecule has 1 fully saturated rings. The number of likely N-dealkylation sites (tertiary alicyclic amines) is 1. The molecular weight excluding hydrogens is 112 g/mol. The molecular formula is C7H14N2. The van der Waals surface area contributed by atoms with Crippen LogP contribution in [0.4, 0.5) is 0 Å². The van der Waals surface area contributed by atoms with Crippen LogP contribution in [0.25, 0.3) is 0 Å². The molecule has 0 aromatic carbocycles. The van der Waals surface area contributed by atoms with Gasteiger partial charge in [-0.3, -0.25) is 0 Å². The van der Waals surface area contributed by atoms with Crippen molar-refractivity contribution in [3.05, 3.63) is 12.3 Å². The Bertz CT molecular complexity index is 120. The number of nitrogens with zero attached hydrogens (tertiary/aromatic N) is 1. The molecule has 0 saturated carbocycles. The van der Waals surface area contributed by atoms with Gasteiger partial charge in [0.25, 0.3) is 0 Å². The summed E-state index contributed by atoms with van der Waals surface area (Å²) in [5, 5.41) is 3.22. The average Bonchev–Trinajstić information content (AvgIpc) is 2.13. The van der Waals surface area contributed by atoms with Gasteiger partial charge in [0.15, 0.2) is 0 Å². The average molecular weight is 126 g/mol. The fourth-order valence-corrected chi connectivity index (χ4v) is 1.16. The van der Waals surface area contributed by atoms with Crippen molar-refractivity contribution in [1.82, 2.24) is 10.2 Å². The number of likely N-dealkylation sites (N-methyl/N-ethyl adjacent to an activating group) is 2. The van der Waals surface area contributed by atoms with Crippen LogP contribution in [0.15, 0.2) is 12.3 Å². The first-order valence-corrected chi connectivity index (χ1v) is 3.30. The van der Waals surface area contributed by atoms with Crippen molar-refractivity contribution >= 4 is 0 Å². The van der Waals surface area contributed by atoms with Crippen molar-refractivity contribution in [2.24, 2.45) is 0 Å². The van der Waals surface area contributed by atoms with Crippen LogP contribution in [0, 0.1) is 0 Å². The van der Waals surface area contributed by atoms with E-state index in [2.05, 4.69) is 23.8 Å². The second kappa shape index (κ2) is 2.40. The molecule has 0 amide bonds. The van der Waals surface area contributed by atoms with Gasteiger partial charge in [0.2, 0.25) is 0 Å². The molecule has 0 spiro atoms. The molecule has 0 aromatic rings. The lowest BCUT2D eigenvalue weighted by molar-refractivity contribution is 0.448. The van der Waals surface area contributed by atoms with E-state index in [4.69, 9.17) is 0 Å². The minimum Gasteiger partial charge on any atom is -0.377 e. The molecule has 1 rings (SSSR count). The Morgan fingerprint density at radius 3 is 2.67 bits per heavy atom. The topological polar surface area (TPSA) is 15.3 Å². The van der Waals surface area contributed by atoms with Gasteiger partial charge in [0.05, 0.1) is 0 Å². The zero-order valence-electron chi connectivity index (χ0n) is 6.15. The minimum atomic E-state index is 0.627. The molecule has 0 aromatic heterocycles. The Labute approximate surface area is 56.5 Å². The molecule has 1 heterocycles. The summed E-state index contributed by atoms with van der Waals surface area (Å²) in [6, 6.07) is 0.627. The standard InChI is InChI=1S/C7H14N2/c1-6-4-7(8-2)5-9(6)3/h7-8H,1,4-5H2,2-3H3. The zero-order valence-corrected chi connectivity index (χ0v) is 6.15. The highest BCUT2D eigenvalue weighted by Crippen LogP contribution is 2.16. The molecule has 1 atom stereocenters. The first-order chi connectivity index (χ1) is 4.24. The maximum Gasteiger partial charge on any atom is 0.0329 e. The molecule has 9 heavy (non-hydrogen) atoms. The largest absolute Gasteiger partial charge is 0.377 e. The third-order valence-electron chi connectivity index (χ3n) is 1.92. The van der Waals surface area contributed by atoms with E-state index in [0.29, 0.717) is 6.04 Å². The van der Waals surface area contributed by atoms with E-state index in [1.165, 1.54) is 5.70 Å². The summed E-state index contributed by atoms with van der Waals surface area (Å²) in [4.78, 5) is 2.20. The highest BCUT2D eigenvalue weighted by molar-refractivity contribution is 5.03. The second-order valence-corrected chi connectivity index (χ2v) is 2.64. The summed E-state index contributed by atoms with van der Waals surface area (Å²) in [7, 11) is 4.08. The summed E-state index contributed by atoms with van der Waals surface area (Å²) in [6.07, 6.45) is 1.10. The first kappa shape index (κ1) is 6.62. The van der Waals surface area contributed by atoms with E-state index < -0.39 is 0 Å². The van der Waals surface area contributed by atoms with Crippen molar-refractivity contribution < 1.29 is 0 Å². The Balaban J connectivity index is 2.44. The van der Waals surface area contributed by atoms with Gasteiger partial charge in [-0.05, 0) is 7.05 Å². The summed E-state index contributed by atoms with van der Waals surface area (Å²) in [6.45, 7) is 5.03. The van der Waals surface area contributed by atoms with E-state index >= 15 is 0 Å². The van der Waals surface area contributed by atoms with Gasteiger partial charge in [-0.1, -0.05) is 6.58 Å². The second-order valence-electron chi connectivity index (χ2n) is 2.64. The predicted molar refractivity (Wildman–Crippen MR) is 39.2 cm³/mol. The summed E-state index contributed by atoms with van der Waals surface area (Å²) >= 11 is 0. The predicted octanol–water partition coefficient (Wildman–Crippen LogP) is 0.424. The number of hydrogen-bond acceptors (Lipinski definition) is 2. The number of hydrogen-bond donors (Lipinski definition) is 1. The number of rotatable bonds is 1. The van der Waals surface area contributed by atoms with Gasteiger partial charge in [0.1, 0.15) is 0 Å². The fourth-order valence-electron chi connectivity index (χ4n) is 1.16. The van der Waals surface area contributed by atoms with Crippen LogP contribution in [0.5, 0.6) is 0 Å². The summed E-state index contributed by atoms with van der Waals surface area (Å²) in [5.41, 5.74) is 1.24. The van der Waals surface area contributed by atoms with Crippen LogP contribution < -0.4 is 5.32 Å². The normalized spacial score (nSPS) is 27.6. The van der Waals surface area contributed by atoms with E-state index in [0.717, 1.165) is 13.0 Å². The van der Waals surface area contributed by atoms with Crippen molar-refractivity contribution in [1.29, 1.82) is 0 Å². The van der Waals surface area contributed by atoms with Crippen LogP contribution in [0.3, 0.4) is 0 Å². The molecule has 0 aliphatic carbocycles. The molecule has 2 nitrogen and oxygen atoms in total. The minimum absolute atomic E-state index is 0.627. The Hall–Kier alpha value is -0.500. The van der Waals surface area contributed by atoms with Gasteiger partial charge in [-0.2, -0.15) is 0 Å². The van der Waals surface area contributed by atoms with Crippen molar-refractivity contribution in [3.63, 3.8) is 0 Å². The van der Waals surface area contributed by atoms with Crippen LogP contribution in [-0.2, 0) is 0 Å². The third kappa shape index (κ3) is 1.24. The molecule has 1 unspecified atom stereocenters. The Kier molecular flexibility index (Phi) is 1.76. The smallest absolute Gasteiger partial charge is 0.0329 e. The lowest BCUT2D eigenvalue weighted by Crippen LogP contribution is -2.27. The molecule has 2 heteroatoms. The highest BCUT2D eigenvalue weighted by Gasteiger charge is 2.19. The van der Waals surface area contributed by atoms with Gasteiger partial charge >= 0.3 is 0 Å². The lowest BCUT2D eigenvalue weighted by atomic mass is 10.2. The van der Waals surface area contributed by atoms with Gasteiger partial charge < -0.3 is 10.2 Å². The monoisotopic (exact) mass is 126 g/mol. The maximum absolute atomic E-state index is 3.92.